The van der Waals surface area contributed by atoms with Gasteiger partial charge in [-0.3, -0.25) is 0 Å². The maximum atomic E-state index is 4.48. The first-order valence-corrected chi connectivity index (χ1v) is 5.19. The third-order valence-corrected chi connectivity index (χ3v) is 2.58. The molecule has 0 bridgehead atoms. The van der Waals surface area contributed by atoms with Crippen LogP contribution in [0.5, 0.6) is 0 Å². The van der Waals surface area contributed by atoms with E-state index in [1.54, 1.807) is 0 Å². The highest BCUT2D eigenvalue weighted by Crippen LogP contribution is 2.29. The Bertz CT molecular complexity index is 473. The predicted molar refractivity (Wildman–Crippen MR) is 60.0 cm³/mol. The van der Waals surface area contributed by atoms with Crippen LogP contribution in [-0.4, -0.2) is 21.1 Å². The molecule has 0 amide bonds. The SMILES string of the molecule is CCc1nc2cc3c(nc2[nH]1)NC(C)N3. The number of anilines is 2. The Morgan fingerprint density at radius 3 is 3.00 bits per heavy atom. The Hall–Kier alpha value is -1.78. The van der Waals surface area contributed by atoms with Crippen molar-refractivity contribution in [1.82, 2.24) is 15.0 Å². The molecule has 1 aliphatic rings. The molecule has 1 atom stereocenters. The molecule has 0 spiro atoms. The molecular weight excluding hydrogens is 190 g/mol. The first-order valence-electron chi connectivity index (χ1n) is 5.19. The third kappa shape index (κ3) is 1.23. The first-order chi connectivity index (χ1) is 7.26. The van der Waals surface area contributed by atoms with Gasteiger partial charge < -0.3 is 15.6 Å². The maximum absolute atomic E-state index is 4.48. The number of fused-ring (bicyclic) bond motifs is 2. The highest BCUT2D eigenvalue weighted by molar-refractivity contribution is 5.84. The number of hydrogen-bond donors (Lipinski definition) is 3. The topological polar surface area (TPSA) is 65.6 Å². The van der Waals surface area contributed by atoms with E-state index in [1.165, 1.54) is 0 Å². The normalized spacial score (nSPS) is 18.7. The summed E-state index contributed by atoms with van der Waals surface area (Å²) in [5.41, 5.74) is 2.81. The summed E-state index contributed by atoms with van der Waals surface area (Å²) in [5, 5.41) is 6.54. The molecule has 1 aliphatic heterocycles. The van der Waals surface area contributed by atoms with Crippen molar-refractivity contribution in [2.45, 2.75) is 26.4 Å². The maximum Gasteiger partial charge on any atom is 0.159 e. The molecule has 0 radical (unpaired) electrons. The quantitative estimate of drug-likeness (QED) is 0.660. The molecule has 0 saturated heterocycles. The second-order valence-corrected chi connectivity index (χ2v) is 3.80. The summed E-state index contributed by atoms with van der Waals surface area (Å²) in [4.78, 5) is 12.1. The van der Waals surface area contributed by atoms with Crippen LogP contribution < -0.4 is 10.6 Å². The molecule has 0 fully saturated rings. The van der Waals surface area contributed by atoms with E-state index in [0.29, 0.717) is 0 Å². The fourth-order valence-corrected chi connectivity index (χ4v) is 1.85. The summed E-state index contributed by atoms with van der Waals surface area (Å²) in [6, 6.07) is 2.03. The number of imidazole rings is 1. The van der Waals surface area contributed by atoms with Gasteiger partial charge in [0.1, 0.15) is 11.3 Å². The van der Waals surface area contributed by atoms with Gasteiger partial charge in [-0.25, -0.2) is 9.97 Å². The Labute approximate surface area is 87.3 Å². The smallest absolute Gasteiger partial charge is 0.159 e. The van der Waals surface area contributed by atoms with Crippen LogP contribution in [0.1, 0.15) is 19.7 Å². The number of aryl methyl sites for hydroxylation is 1. The molecule has 2 aromatic rings. The van der Waals surface area contributed by atoms with Gasteiger partial charge in [0.15, 0.2) is 11.5 Å². The van der Waals surface area contributed by atoms with E-state index >= 15 is 0 Å². The molecule has 2 aromatic heterocycles. The lowest BCUT2D eigenvalue weighted by Crippen LogP contribution is -2.16. The highest BCUT2D eigenvalue weighted by Gasteiger charge is 2.18. The molecular formula is C10H13N5. The third-order valence-electron chi connectivity index (χ3n) is 2.58. The number of H-pyrrole nitrogens is 1. The second-order valence-electron chi connectivity index (χ2n) is 3.80. The number of aromatic nitrogens is 3. The molecule has 5 heteroatoms. The van der Waals surface area contributed by atoms with E-state index in [-0.39, 0.29) is 6.17 Å². The molecule has 3 N–H and O–H groups in total. The van der Waals surface area contributed by atoms with E-state index < -0.39 is 0 Å². The fraction of sp³-hybridized carbons (Fsp3) is 0.400. The van der Waals surface area contributed by atoms with Crippen molar-refractivity contribution < 1.29 is 0 Å². The molecule has 78 valence electrons. The minimum absolute atomic E-state index is 0.240. The summed E-state index contributed by atoms with van der Waals surface area (Å²) < 4.78 is 0. The van der Waals surface area contributed by atoms with Crippen LogP contribution in [0.3, 0.4) is 0 Å². The van der Waals surface area contributed by atoms with Crippen molar-refractivity contribution in [1.29, 1.82) is 0 Å². The molecule has 0 aromatic carbocycles. The second kappa shape index (κ2) is 2.85. The lowest BCUT2D eigenvalue weighted by molar-refractivity contribution is 0.950. The number of nitrogens with zero attached hydrogens (tertiary/aromatic N) is 2. The van der Waals surface area contributed by atoms with Gasteiger partial charge >= 0.3 is 0 Å². The van der Waals surface area contributed by atoms with Crippen LogP contribution in [-0.2, 0) is 6.42 Å². The van der Waals surface area contributed by atoms with E-state index in [0.717, 1.165) is 34.9 Å². The van der Waals surface area contributed by atoms with E-state index in [9.17, 15) is 0 Å². The number of hydrogen-bond acceptors (Lipinski definition) is 4. The number of nitrogens with one attached hydrogen (secondary N) is 3. The van der Waals surface area contributed by atoms with Gasteiger partial charge in [0, 0.05) is 6.42 Å². The first kappa shape index (κ1) is 8.52. The number of aromatic amines is 1. The molecule has 5 nitrogen and oxygen atoms in total. The number of rotatable bonds is 1. The minimum Gasteiger partial charge on any atom is -0.362 e. The lowest BCUT2D eigenvalue weighted by atomic mass is 10.3. The molecule has 3 heterocycles. The Kier molecular flexibility index (Phi) is 1.62. The van der Waals surface area contributed by atoms with E-state index in [4.69, 9.17) is 0 Å². The lowest BCUT2D eigenvalue weighted by Gasteiger charge is -2.01. The van der Waals surface area contributed by atoms with Crippen LogP contribution in [0.2, 0.25) is 0 Å². The summed E-state index contributed by atoms with van der Waals surface area (Å²) in [6.07, 6.45) is 1.14. The molecule has 0 saturated carbocycles. The largest absolute Gasteiger partial charge is 0.362 e. The van der Waals surface area contributed by atoms with E-state index in [2.05, 4.69) is 39.4 Å². The van der Waals surface area contributed by atoms with Crippen molar-refractivity contribution in [3.63, 3.8) is 0 Å². The summed E-state index contributed by atoms with van der Waals surface area (Å²) >= 11 is 0. The van der Waals surface area contributed by atoms with Gasteiger partial charge in [-0.15, -0.1) is 0 Å². The van der Waals surface area contributed by atoms with Crippen LogP contribution in [0.15, 0.2) is 6.07 Å². The van der Waals surface area contributed by atoms with Crippen LogP contribution in [0, 0.1) is 0 Å². The van der Waals surface area contributed by atoms with Crippen molar-refractivity contribution >= 4 is 22.7 Å². The summed E-state index contributed by atoms with van der Waals surface area (Å²) in [5.74, 6) is 1.88. The Balaban J connectivity index is 2.17. The average molecular weight is 203 g/mol. The number of pyridine rings is 1. The fourth-order valence-electron chi connectivity index (χ4n) is 1.85. The predicted octanol–water partition coefficient (Wildman–Crippen LogP) is 1.70. The van der Waals surface area contributed by atoms with E-state index in [1.807, 2.05) is 6.07 Å². The van der Waals surface area contributed by atoms with Crippen molar-refractivity contribution in [2.75, 3.05) is 10.6 Å². The molecule has 15 heavy (non-hydrogen) atoms. The molecule has 3 rings (SSSR count). The minimum atomic E-state index is 0.240. The standard InChI is InChI=1S/C10H13N5/c1-3-8-13-7-4-6-9(12-5(2)11-6)15-10(7)14-8/h4-5,11H,3H2,1-2H3,(H2,12,13,14,15). The van der Waals surface area contributed by atoms with Crippen LogP contribution in [0.25, 0.3) is 11.2 Å². The zero-order valence-corrected chi connectivity index (χ0v) is 8.76. The van der Waals surface area contributed by atoms with Crippen LogP contribution >= 0.6 is 0 Å². The van der Waals surface area contributed by atoms with Gasteiger partial charge in [-0.1, -0.05) is 6.92 Å². The van der Waals surface area contributed by atoms with Crippen molar-refractivity contribution in [3.8, 4) is 0 Å². The van der Waals surface area contributed by atoms with Crippen molar-refractivity contribution in [2.24, 2.45) is 0 Å². The van der Waals surface area contributed by atoms with Crippen LogP contribution in [0.4, 0.5) is 11.5 Å². The summed E-state index contributed by atoms with van der Waals surface area (Å²) in [6.45, 7) is 4.13. The van der Waals surface area contributed by atoms with Crippen molar-refractivity contribution in [3.05, 3.63) is 11.9 Å². The van der Waals surface area contributed by atoms with Gasteiger partial charge in [-0.05, 0) is 13.0 Å². The van der Waals surface area contributed by atoms with Gasteiger partial charge in [0.05, 0.1) is 11.9 Å². The highest BCUT2D eigenvalue weighted by atomic mass is 15.2. The van der Waals surface area contributed by atoms with Gasteiger partial charge in [0.25, 0.3) is 0 Å². The zero-order valence-electron chi connectivity index (χ0n) is 8.76. The Morgan fingerprint density at radius 1 is 1.33 bits per heavy atom. The summed E-state index contributed by atoms with van der Waals surface area (Å²) in [7, 11) is 0. The van der Waals surface area contributed by atoms with Gasteiger partial charge in [-0.2, -0.15) is 0 Å². The zero-order chi connectivity index (χ0) is 10.4. The Morgan fingerprint density at radius 2 is 2.20 bits per heavy atom. The molecule has 0 aliphatic carbocycles. The molecule has 1 unspecified atom stereocenters. The average Bonchev–Trinajstić information content (AvgIpc) is 2.74. The van der Waals surface area contributed by atoms with Gasteiger partial charge in [0.2, 0.25) is 0 Å². The monoisotopic (exact) mass is 203 g/mol.